The van der Waals surface area contributed by atoms with Crippen LogP contribution in [0, 0.1) is 0 Å². The van der Waals surface area contributed by atoms with Crippen molar-refractivity contribution in [2.75, 3.05) is 13.2 Å². The molecule has 0 saturated carbocycles. The molecule has 4 heteroatoms. The summed E-state index contributed by atoms with van der Waals surface area (Å²) in [5.41, 5.74) is 19.1. The average Bonchev–Trinajstić information content (AvgIpc) is 3.47. The smallest absolute Gasteiger partial charge is 0.119 e. The highest BCUT2D eigenvalue weighted by molar-refractivity contribution is 9.10. The summed E-state index contributed by atoms with van der Waals surface area (Å²) >= 11 is 7.24. The Kier molecular flexibility index (Phi) is 17.1. The quantitative estimate of drug-likeness (QED) is 0.0668. The molecule has 366 valence electrons. The van der Waals surface area contributed by atoms with Crippen molar-refractivity contribution < 1.29 is 9.47 Å². The highest BCUT2D eigenvalue weighted by Gasteiger charge is 2.19. The van der Waals surface area contributed by atoms with Crippen molar-refractivity contribution in [3.05, 3.63) is 252 Å². The van der Waals surface area contributed by atoms with Gasteiger partial charge in [0.1, 0.15) is 11.5 Å². The van der Waals surface area contributed by atoms with Crippen LogP contribution in [0.25, 0.3) is 89.0 Å². The summed E-state index contributed by atoms with van der Waals surface area (Å²) in [7, 11) is 0. The Hall–Kier alpha value is -7.24. The zero-order valence-corrected chi connectivity index (χ0v) is 44.9. The summed E-state index contributed by atoms with van der Waals surface area (Å²) in [4.78, 5) is 0. The van der Waals surface area contributed by atoms with Crippen LogP contribution in [0.4, 0.5) is 0 Å². The van der Waals surface area contributed by atoms with E-state index in [1.54, 1.807) is 0 Å². The minimum atomic E-state index is 0.728. The van der Waals surface area contributed by atoms with Gasteiger partial charge in [-0.15, -0.1) is 0 Å². The summed E-state index contributed by atoms with van der Waals surface area (Å²) in [5, 5.41) is 0. The molecule has 2 nitrogen and oxygen atoms in total. The third-order valence-electron chi connectivity index (χ3n) is 13.8. The molecule has 10 aromatic carbocycles. The predicted molar refractivity (Wildman–Crippen MR) is 320 cm³/mol. The Balaban J connectivity index is 0.695. The third kappa shape index (κ3) is 12.7. The fourth-order valence-corrected chi connectivity index (χ4v) is 10.5. The summed E-state index contributed by atoms with van der Waals surface area (Å²) in [5.74, 6) is 1.83. The van der Waals surface area contributed by atoms with E-state index in [9.17, 15) is 0 Å². The maximum Gasteiger partial charge on any atom is 0.119 e. The minimum absolute atomic E-state index is 0.728. The Morgan fingerprint density at radius 3 is 0.770 bits per heavy atom. The van der Waals surface area contributed by atoms with Gasteiger partial charge in [0, 0.05) is 8.95 Å². The van der Waals surface area contributed by atoms with Gasteiger partial charge in [0.2, 0.25) is 0 Å². The molecule has 0 aliphatic carbocycles. The largest absolute Gasteiger partial charge is 0.494 e. The van der Waals surface area contributed by atoms with Crippen molar-refractivity contribution in [2.45, 2.75) is 51.4 Å². The van der Waals surface area contributed by atoms with E-state index in [-0.39, 0.29) is 0 Å². The second-order valence-electron chi connectivity index (χ2n) is 18.9. The van der Waals surface area contributed by atoms with E-state index in [0.717, 1.165) is 46.5 Å². The molecule has 0 heterocycles. The Morgan fingerprint density at radius 2 is 0.486 bits per heavy atom. The highest BCUT2D eigenvalue weighted by atomic mass is 79.9. The van der Waals surface area contributed by atoms with Gasteiger partial charge in [-0.2, -0.15) is 0 Å². The molecular formula is C70H60Br2O2. The van der Waals surface area contributed by atoms with Crippen LogP contribution >= 0.6 is 31.9 Å². The fraction of sp³-hybridized carbons (Fsp3) is 0.143. The lowest BCUT2D eigenvalue weighted by Gasteiger charge is -2.19. The molecule has 0 fully saturated rings. The molecule has 0 unspecified atom stereocenters. The minimum Gasteiger partial charge on any atom is -0.494 e. The van der Waals surface area contributed by atoms with E-state index in [1.807, 2.05) is 0 Å². The highest BCUT2D eigenvalue weighted by Crippen LogP contribution is 2.46. The number of ether oxygens (including phenoxy) is 2. The summed E-state index contributed by atoms with van der Waals surface area (Å²) in [6, 6.07) is 87.0. The number of benzene rings is 10. The van der Waals surface area contributed by atoms with Crippen molar-refractivity contribution in [3.8, 4) is 101 Å². The normalized spacial score (nSPS) is 11.1. The van der Waals surface area contributed by atoms with Gasteiger partial charge in [0.05, 0.1) is 13.2 Å². The molecule has 0 saturated heterocycles. The molecule has 0 radical (unpaired) electrons. The summed E-state index contributed by atoms with van der Waals surface area (Å²) in [6.07, 6.45) is 9.45. The number of rotatable bonds is 21. The van der Waals surface area contributed by atoms with E-state index in [0.29, 0.717) is 0 Å². The van der Waals surface area contributed by atoms with Crippen LogP contribution in [0.1, 0.15) is 51.4 Å². The zero-order chi connectivity index (χ0) is 50.3. The van der Waals surface area contributed by atoms with Gasteiger partial charge in [0.25, 0.3) is 0 Å². The molecule has 10 rings (SSSR count). The third-order valence-corrected chi connectivity index (χ3v) is 14.9. The molecule has 0 aliphatic heterocycles. The first-order valence-corrected chi connectivity index (χ1v) is 27.7. The SMILES string of the molecule is Brc1ccc(-c2cc(-c3ccccc3)c(-c3ccc(OCCCCCCCCCCOc4ccc(-c5c(-c6ccccc6)cc(-c6ccc(Br)cc6)cc5-c5ccccc5)cc4)cc3)c(-c3ccccc3)c2)cc1. The topological polar surface area (TPSA) is 18.5 Å². The van der Waals surface area contributed by atoms with Crippen LogP contribution in [-0.2, 0) is 0 Å². The number of hydrogen-bond donors (Lipinski definition) is 0. The van der Waals surface area contributed by atoms with Crippen LogP contribution in [-0.4, -0.2) is 13.2 Å². The molecule has 0 N–H and O–H groups in total. The van der Waals surface area contributed by atoms with Gasteiger partial charge in [-0.25, -0.2) is 0 Å². The van der Waals surface area contributed by atoms with Crippen LogP contribution in [0.5, 0.6) is 11.5 Å². The maximum atomic E-state index is 6.30. The molecular weight excluding hydrogens is 1030 g/mol. The maximum absolute atomic E-state index is 6.30. The van der Waals surface area contributed by atoms with Gasteiger partial charge in [-0.05, 0) is 175 Å². The molecule has 10 aromatic rings. The van der Waals surface area contributed by atoms with E-state index < -0.39 is 0 Å². The molecule has 0 aromatic heterocycles. The van der Waals surface area contributed by atoms with Crippen molar-refractivity contribution in [2.24, 2.45) is 0 Å². The van der Waals surface area contributed by atoms with E-state index in [4.69, 9.17) is 9.47 Å². The Labute approximate surface area is 455 Å². The first-order valence-electron chi connectivity index (χ1n) is 26.1. The lowest BCUT2D eigenvalue weighted by Crippen LogP contribution is -1.98. The molecule has 0 bridgehead atoms. The lowest BCUT2D eigenvalue weighted by atomic mass is 9.85. The van der Waals surface area contributed by atoms with E-state index in [1.165, 1.54) is 128 Å². The second kappa shape index (κ2) is 25.1. The Morgan fingerprint density at radius 1 is 0.230 bits per heavy atom. The molecule has 74 heavy (non-hydrogen) atoms. The first kappa shape index (κ1) is 50.3. The van der Waals surface area contributed by atoms with Crippen LogP contribution in [0.2, 0.25) is 0 Å². The van der Waals surface area contributed by atoms with E-state index >= 15 is 0 Å². The van der Waals surface area contributed by atoms with Gasteiger partial charge in [0.15, 0.2) is 0 Å². The first-order chi connectivity index (χ1) is 36.5. The lowest BCUT2D eigenvalue weighted by molar-refractivity contribution is 0.301. The summed E-state index contributed by atoms with van der Waals surface area (Å²) in [6.45, 7) is 1.46. The Bertz CT molecular complexity index is 2990. The van der Waals surface area contributed by atoms with Crippen LogP contribution < -0.4 is 9.47 Å². The molecule has 0 spiro atoms. The predicted octanol–water partition coefficient (Wildman–Crippen LogP) is 21.1. The summed E-state index contributed by atoms with van der Waals surface area (Å²) < 4.78 is 14.7. The molecule has 0 atom stereocenters. The van der Waals surface area contributed by atoms with Gasteiger partial charge in [-0.1, -0.05) is 240 Å². The number of hydrogen-bond acceptors (Lipinski definition) is 2. The fourth-order valence-electron chi connectivity index (χ4n) is 9.99. The van der Waals surface area contributed by atoms with Crippen LogP contribution in [0.15, 0.2) is 252 Å². The molecule has 0 aliphatic rings. The van der Waals surface area contributed by atoms with Crippen molar-refractivity contribution in [3.63, 3.8) is 0 Å². The number of halogens is 2. The monoisotopic (exact) mass is 1090 g/mol. The van der Waals surface area contributed by atoms with Gasteiger partial charge < -0.3 is 9.47 Å². The second-order valence-corrected chi connectivity index (χ2v) is 20.8. The van der Waals surface area contributed by atoms with Gasteiger partial charge in [-0.3, -0.25) is 0 Å². The standard InChI is InChI=1S/C70H60Br2O2/c71-61-37-29-51(30-38-61)59-47-65(53-21-11-7-12-22-53)69(66(48-59)54-23-13-8-14-24-54)57-33-41-63(42-34-57)73-45-19-5-3-1-2-4-6-20-46-74-64-43-35-58(36-44-64)70-67(55-25-15-9-16-26-55)49-60(52-31-39-62(72)40-32-52)50-68(70)56-27-17-10-18-28-56/h7-18,21-44,47-50H,1-6,19-20,45-46H2. The average molecular weight is 1090 g/mol. The van der Waals surface area contributed by atoms with Crippen molar-refractivity contribution in [1.82, 2.24) is 0 Å². The van der Waals surface area contributed by atoms with Gasteiger partial charge >= 0.3 is 0 Å². The molecule has 0 amide bonds. The van der Waals surface area contributed by atoms with Crippen molar-refractivity contribution >= 4 is 31.9 Å². The zero-order valence-electron chi connectivity index (χ0n) is 41.7. The van der Waals surface area contributed by atoms with E-state index in [2.05, 4.69) is 275 Å². The van der Waals surface area contributed by atoms with Crippen molar-refractivity contribution in [1.29, 1.82) is 0 Å². The van der Waals surface area contributed by atoms with Crippen LogP contribution in [0.3, 0.4) is 0 Å². The number of unbranched alkanes of at least 4 members (excludes halogenated alkanes) is 7.